The summed E-state index contributed by atoms with van der Waals surface area (Å²) in [7, 11) is 0. The number of rotatable bonds is 6. The van der Waals surface area contributed by atoms with Gasteiger partial charge in [0.05, 0.1) is 5.25 Å². The fourth-order valence-corrected chi connectivity index (χ4v) is 1.97. The summed E-state index contributed by atoms with van der Waals surface area (Å²) in [4.78, 5) is 4.27. The fourth-order valence-electron chi connectivity index (χ4n) is 1.01. The Labute approximate surface area is 94.5 Å². The molecule has 1 rings (SSSR count). The molecule has 0 saturated carbocycles. The van der Waals surface area contributed by atoms with Gasteiger partial charge in [0.1, 0.15) is 0 Å². The monoisotopic (exact) mass is 230 g/mol. The molecule has 0 radical (unpaired) electrons. The molecule has 1 heterocycles. The van der Waals surface area contributed by atoms with Crippen LogP contribution in [0.3, 0.4) is 0 Å². The number of hydrogen-bond donors (Lipinski definition) is 1. The van der Waals surface area contributed by atoms with Gasteiger partial charge in [0.2, 0.25) is 5.89 Å². The van der Waals surface area contributed by atoms with Gasteiger partial charge in [-0.05, 0) is 18.6 Å². The molecule has 0 fully saturated rings. The number of aliphatic hydroxyl groups is 1. The van der Waals surface area contributed by atoms with E-state index in [9.17, 15) is 0 Å². The van der Waals surface area contributed by atoms with Gasteiger partial charge >= 0.3 is 0 Å². The van der Waals surface area contributed by atoms with Crippen LogP contribution in [0.2, 0.25) is 0 Å². The highest BCUT2D eigenvalue weighted by atomic mass is 32.2. The van der Waals surface area contributed by atoms with Crippen LogP contribution < -0.4 is 0 Å². The third kappa shape index (κ3) is 3.83. The van der Waals surface area contributed by atoms with Gasteiger partial charge in [-0.15, -0.1) is 11.8 Å². The maximum absolute atomic E-state index is 8.90. The molecule has 0 bridgehead atoms. The molecule has 2 unspecified atom stereocenters. The molecule has 5 heteroatoms. The molecule has 0 spiro atoms. The van der Waals surface area contributed by atoms with Gasteiger partial charge in [-0.1, -0.05) is 19.0 Å². The highest BCUT2D eigenvalue weighted by Crippen LogP contribution is 2.28. The first-order chi connectivity index (χ1) is 7.17. The Bertz CT molecular complexity index is 291. The molecule has 1 aromatic heterocycles. The average molecular weight is 230 g/mol. The minimum Gasteiger partial charge on any atom is -0.396 e. The standard InChI is InChI=1S/C10H18N2O2S/c1-4-9-11-10(14-12-9)8(3)15-6-7(2)5-13/h7-8,13H,4-6H2,1-3H3. The topological polar surface area (TPSA) is 59.2 Å². The molecular weight excluding hydrogens is 212 g/mol. The lowest BCUT2D eigenvalue weighted by molar-refractivity contribution is 0.250. The predicted molar refractivity (Wildman–Crippen MR) is 60.8 cm³/mol. The molecule has 15 heavy (non-hydrogen) atoms. The summed E-state index contributed by atoms with van der Waals surface area (Å²) in [5.74, 6) is 2.65. The lowest BCUT2D eigenvalue weighted by Gasteiger charge is -2.09. The Morgan fingerprint density at radius 2 is 2.20 bits per heavy atom. The van der Waals surface area contributed by atoms with Crippen LogP contribution >= 0.6 is 11.8 Å². The van der Waals surface area contributed by atoms with E-state index in [2.05, 4.69) is 10.1 Å². The maximum atomic E-state index is 8.90. The minimum absolute atomic E-state index is 0.201. The fraction of sp³-hybridized carbons (Fsp3) is 0.800. The summed E-state index contributed by atoms with van der Waals surface area (Å²) < 4.78 is 5.14. The molecule has 0 aromatic carbocycles. The molecule has 0 amide bonds. The molecule has 1 N–H and O–H groups in total. The van der Waals surface area contributed by atoms with Crippen molar-refractivity contribution in [1.82, 2.24) is 10.1 Å². The molecule has 2 atom stereocenters. The van der Waals surface area contributed by atoms with Crippen molar-refractivity contribution in [2.24, 2.45) is 5.92 Å². The summed E-state index contributed by atoms with van der Waals surface area (Å²) in [6, 6.07) is 0. The summed E-state index contributed by atoms with van der Waals surface area (Å²) >= 11 is 1.73. The molecule has 0 saturated heterocycles. The Balaban J connectivity index is 2.42. The number of aryl methyl sites for hydroxylation is 1. The average Bonchev–Trinajstić information content (AvgIpc) is 2.73. The van der Waals surface area contributed by atoms with Crippen molar-refractivity contribution >= 4 is 11.8 Å². The quantitative estimate of drug-likeness (QED) is 0.810. The van der Waals surface area contributed by atoms with Crippen LogP contribution in [0.5, 0.6) is 0 Å². The first kappa shape index (κ1) is 12.5. The van der Waals surface area contributed by atoms with E-state index in [1.807, 2.05) is 20.8 Å². The second kappa shape index (κ2) is 6.12. The largest absolute Gasteiger partial charge is 0.396 e. The summed E-state index contributed by atoms with van der Waals surface area (Å²) in [6.07, 6.45) is 0.800. The van der Waals surface area contributed by atoms with E-state index >= 15 is 0 Å². The van der Waals surface area contributed by atoms with Gasteiger partial charge < -0.3 is 9.63 Å². The Morgan fingerprint density at radius 3 is 2.73 bits per heavy atom. The summed E-state index contributed by atoms with van der Waals surface area (Å²) in [5, 5.41) is 13.0. The van der Waals surface area contributed by atoms with Crippen molar-refractivity contribution in [2.45, 2.75) is 32.4 Å². The van der Waals surface area contributed by atoms with E-state index in [-0.39, 0.29) is 11.9 Å². The molecule has 1 aromatic rings. The zero-order chi connectivity index (χ0) is 11.3. The lowest BCUT2D eigenvalue weighted by atomic mass is 10.2. The van der Waals surface area contributed by atoms with Crippen LogP contribution in [-0.4, -0.2) is 27.6 Å². The van der Waals surface area contributed by atoms with E-state index in [0.717, 1.165) is 18.0 Å². The highest BCUT2D eigenvalue weighted by molar-refractivity contribution is 7.99. The SMILES string of the molecule is CCc1noc(C(C)SCC(C)CO)n1. The second-order valence-corrected chi connectivity index (χ2v) is 5.04. The van der Waals surface area contributed by atoms with Crippen LogP contribution in [0, 0.1) is 5.92 Å². The Morgan fingerprint density at radius 1 is 1.47 bits per heavy atom. The summed E-state index contributed by atoms with van der Waals surface area (Å²) in [5.41, 5.74) is 0. The molecule has 0 aliphatic heterocycles. The highest BCUT2D eigenvalue weighted by Gasteiger charge is 2.15. The van der Waals surface area contributed by atoms with Crippen molar-refractivity contribution in [3.05, 3.63) is 11.7 Å². The first-order valence-corrected chi connectivity index (χ1v) is 6.27. The number of thioether (sulfide) groups is 1. The van der Waals surface area contributed by atoms with Crippen molar-refractivity contribution in [1.29, 1.82) is 0 Å². The van der Waals surface area contributed by atoms with Crippen molar-refractivity contribution < 1.29 is 9.63 Å². The predicted octanol–water partition coefficient (Wildman–Crippen LogP) is 2.05. The zero-order valence-corrected chi connectivity index (χ0v) is 10.3. The third-order valence-corrected chi connectivity index (χ3v) is 3.55. The van der Waals surface area contributed by atoms with Gasteiger partial charge in [0.25, 0.3) is 0 Å². The van der Waals surface area contributed by atoms with Crippen molar-refractivity contribution in [3.63, 3.8) is 0 Å². The van der Waals surface area contributed by atoms with Crippen LogP contribution in [0.15, 0.2) is 4.52 Å². The lowest BCUT2D eigenvalue weighted by Crippen LogP contribution is -2.05. The van der Waals surface area contributed by atoms with Crippen LogP contribution in [-0.2, 0) is 6.42 Å². The van der Waals surface area contributed by atoms with E-state index in [4.69, 9.17) is 9.63 Å². The smallest absolute Gasteiger partial charge is 0.239 e. The number of hydrogen-bond acceptors (Lipinski definition) is 5. The van der Waals surface area contributed by atoms with Crippen LogP contribution in [0.25, 0.3) is 0 Å². The summed E-state index contributed by atoms with van der Waals surface area (Å²) in [6.45, 7) is 6.29. The van der Waals surface area contributed by atoms with Crippen molar-refractivity contribution in [2.75, 3.05) is 12.4 Å². The van der Waals surface area contributed by atoms with Gasteiger partial charge in [0, 0.05) is 13.0 Å². The molecule has 0 aliphatic carbocycles. The van der Waals surface area contributed by atoms with Crippen LogP contribution in [0.4, 0.5) is 0 Å². The number of aromatic nitrogens is 2. The van der Waals surface area contributed by atoms with E-state index in [1.165, 1.54) is 0 Å². The zero-order valence-electron chi connectivity index (χ0n) is 9.43. The molecule has 86 valence electrons. The molecule has 4 nitrogen and oxygen atoms in total. The normalized spacial score (nSPS) is 15.2. The second-order valence-electron chi connectivity index (χ2n) is 3.67. The van der Waals surface area contributed by atoms with Gasteiger partial charge in [-0.2, -0.15) is 4.98 Å². The maximum Gasteiger partial charge on any atom is 0.239 e. The minimum atomic E-state index is 0.201. The number of nitrogens with zero attached hydrogens (tertiary/aromatic N) is 2. The van der Waals surface area contributed by atoms with Gasteiger partial charge in [-0.25, -0.2) is 0 Å². The van der Waals surface area contributed by atoms with E-state index in [0.29, 0.717) is 11.8 Å². The third-order valence-electron chi connectivity index (χ3n) is 2.09. The van der Waals surface area contributed by atoms with Gasteiger partial charge in [-0.3, -0.25) is 0 Å². The van der Waals surface area contributed by atoms with Gasteiger partial charge in [0.15, 0.2) is 5.82 Å². The number of aliphatic hydroxyl groups excluding tert-OH is 1. The van der Waals surface area contributed by atoms with Crippen LogP contribution in [0.1, 0.15) is 37.7 Å². The molecular formula is C10H18N2O2S. The van der Waals surface area contributed by atoms with E-state index < -0.39 is 0 Å². The first-order valence-electron chi connectivity index (χ1n) is 5.22. The molecule has 0 aliphatic rings. The Hall–Kier alpha value is -0.550. The van der Waals surface area contributed by atoms with E-state index in [1.54, 1.807) is 11.8 Å². The van der Waals surface area contributed by atoms with Crippen molar-refractivity contribution in [3.8, 4) is 0 Å². The Kier molecular flexibility index (Phi) is 5.11.